The first-order chi connectivity index (χ1) is 17.5. The molecule has 1 atom stereocenters. The Morgan fingerprint density at radius 1 is 0.944 bits per heavy atom. The lowest BCUT2D eigenvalue weighted by atomic mass is 9.95. The summed E-state index contributed by atoms with van der Waals surface area (Å²) in [7, 11) is 0. The van der Waals surface area contributed by atoms with Gasteiger partial charge in [-0.05, 0) is 55.3 Å². The molecule has 0 spiro atoms. The molecule has 2 aromatic carbocycles. The molecule has 8 heteroatoms. The lowest BCUT2D eigenvalue weighted by molar-refractivity contribution is -0.140. The molecule has 36 heavy (non-hydrogen) atoms. The minimum Gasteiger partial charge on any atom is -0.507 e. The molecule has 0 aliphatic carbocycles. The first kappa shape index (κ1) is 25.7. The summed E-state index contributed by atoms with van der Waals surface area (Å²) in [6.45, 7) is 8.92. The molecule has 2 aromatic rings. The molecule has 2 heterocycles. The highest BCUT2D eigenvalue weighted by Gasteiger charge is 2.46. The quantitative estimate of drug-likeness (QED) is 0.307. The SMILES string of the molecule is CCCOc1ccc([C@H]2C(=C(O)c3ccc(OCC)cc3)C(=O)C(=O)N2CCN2CCOCC2)cc1. The number of rotatable bonds is 10. The molecule has 1 amide bonds. The Kier molecular flexibility index (Phi) is 8.61. The van der Waals surface area contributed by atoms with Crippen LogP contribution in [-0.2, 0) is 14.3 Å². The zero-order valence-corrected chi connectivity index (χ0v) is 20.9. The van der Waals surface area contributed by atoms with Gasteiger partial charge in [-0.1, -0.05) is 19.1 Å². The highest BCUT2D eigenvalue weighted by molar-refractivity contribution is 6.46. The summed E-state index contributed by atoms with van der Waals surface area (Å²) in [5.74, 6) is -0.0927. The maximum absolute atomic E-state index is 13.3. The van der Waals surface area contributed by atoms with E-state index in [-0.39, 0.29) is 11.3 Å². The van der Waals surface area contributed by atoms with Crippen LogP contribution in [0.15, 0.2) is 54.1 Å². The fourth-order valence-corrected chi connectivity index (χ4v) is 4.53. The molecular formula is C28H34N2O6. The van der Waals surface area contributed by atoms with Gasteiger partial charge in [0, 0.05) is 31.7 Å². The molecule has 8 nitrogen and oxygen atoms in total. The number of Topliss-reactive ketones (excluding diaryl/α,β-unsaturated/α-hetero) is 1. The molecule has 0 bridgehead atoms. The Hall–Kier alpha value is -3.36. The van der Waals surface area contributed by atoms with Crippen molar-refractivity contribution in [3.8, 4) is 11.5 Å². The fourth-order valence-electron chi connectivity index (χ4n) is 4.53. The molecule has 0 aromatic heterocycles. The summed E-state index contributed by atoms with van der Waals surface area (Å²) in [4.78, 5) is 30.2. The zero-order chi connectivity index (χ0) is 25.5. The largest absolute Gasteiger partial charge is 0.507 e. The Bertz CT molecular complexity index is 1070. The van der Waals surface area contributed by atoms with E-state index in [4.69, 9.17) is 14.2 Å². The predicted molar refractivity (Wildman–Crippen MR) is 136 cm³/mol. The number of ether oxygens (including phenoxy) is 3. The number of morpholine rings is 1. The molecule has 0 unspecified atom stereocenters. The van der Waals surface area contributed by atoms with E-state index >= 15 is 0 Å². The van der Waals surface area contributed by atoms with Gasteiger partial charge < -0.3 is 24.2 Å². The summed E-state index contributed by atoms with van der Waals surface area (Å²) < 4.78 is 16.6. The number of benzene rings is 2. The highest BCUT2D eigenvalue weighted by Crippen LogP contribution is 2.40. The molecule has 192 valence electrons. The number of hydrogen-bond donors (Lipinski definition) is 1. The van der Waals surface area contributed by atoms with E-state index in [9.17, 15) is 14.7 Å². The summed E-state index contributed by atoms with van der Waals surface area (Å²) >= 11 is 0. The van der Waals surface area contributed by atoms with Crippen LogP contribution in [0, 0.1) is 0 Å². The Labute approximate surface area is 212 Å². The van der Waals surface area contributed by atoms with Crippen LogP contribution in [-0.4, -0.2) is 79.2 Å². The minimum absolute atomic E-state index is 0.0911. The van der Waals surface area contributed by atoms with Crippen molar-refractivity contribution in [1.29, 1.82) is 0 Å². The van der Waals surface area contributed by atoms with E-state index in [0.29, 0.717) is 50.8 Å². The van der Waals surface area contributed by atoms with E-state index in [1.54, 1.807) is 29.2 Å². The Morgan fingerprint density at radius 2 is 1.58 bits per heavy atom. The van der Waals surface area contributed by atoms with Gasteiger partial charge in [-0.25, -0.2) is 0 Å². The summed E-state index contributed by atoms with van der Waals surface area (Å²) in [6, 6.07) is 13.6. The number of nitrogens with zero attached hydrogens (tertiary/aromatic N) is 2. The van der Waals surface area contributed by atoms with Crippen LogP contribution in [0.4, 0.5) is 0 Å². The average molecular weight is 495 g/mol. The molecule has 4 rings (SSSR count). The molecule has 1 N–H and O–H groups in total. The summed E-state index contributed by atoms with van der Waals surface area (Å²) in [6.07, 6.45) is 0.894. The second-order valence-corrected chi connectivity index (χ2v) is 8.82. The minimum atomic E-state index is -0.696. The van der Waals surface area contributed by atoms with Crippen LogP contribution in [0.5, 0.6) is 11.5 Å². The number of amides is 1. The second-order valence-electron chi connectivity index (χ2n) is 8.82. The summed E-state index contributed by atoms with van der Waals surface area (Å²) in [5.41, 5.74) is 1.29. The van der Waals surface area contributed by atoms with E-state index in [0.717, 1.165) is 30.8 Å². The van der Waals surface area contributed by atoms with E-state index in [2.05, 4.69) is 4.90 Å². The third-order valence-electron chi connectivity index (χ3n) is 6.41. The molecular weight excluding hydrogens is 460 g/mol. The van der Waals surface area contributed by atoms with Crippen LogP contribution >= 0.6 is 0 Å². The first-order valence-electron chi connectivity index (χ1n) is 12.6. The van der Waals surface area contributed by atoms with Gasteiger partial charge in [-0.2, -0.15) is 0 Å². The van der Waals surface area contributed by atoms with Gasteiger partial charge in [0.15, 0.2) is 0 Å². The van der Waals surface area contributed by atoms with Gasteiger partial charge >= 0.3 is 0 Å². The second kappa shape index (κ2) is 12.1. The molecule has 0 saturated carbocycles. The topological polar surface area (TPSA) is 88.5 Å². The van der Waals surface area contributed by atoms with Crippen LogP contribution < -0.4 is 9.47 Å². The number of likely N-dealkylation sites (tertiary alicyclic amines) is 1. The van der Waals surface area contributed by atoms with Crippen LogP contribution in [0.1, 0.15) is 37.4 Å². The van der Waals surface area contributed by atoms with Crippen molar-refractivity contribution in [1.82, 2.24) is 9.80 Å². The number of carbonyl (C=O) groups is 2. The van der Waals surface area contributed by atoms with Crippen molar-refractivity contribution >= 4 is 17.4 Å². The third-order valence-corrected chi connectivity index (χ3v) is 6.41. The smallest absolute Gasteiger partial charge is 0.295 e. The third kappa shape index (κ3) is 5.71. The van der Waals surface area contributed by atoms with Crippen molar-refractivity contribution in [2.75, 3.05) is 52.6 Å². The standard InChI is InChI=1S/C28H34N2O6/c1-3-17-36-23-9-5-20(6-10-23)25-24(26(31)21-7-11-22(12-8-21)35-4-2)27(32)28(33)30(25)14-13-29-15-18-34-19-16-29/h5-12,25,31H,3-4,13-19H2,1-2H3/t25-/m0/s1. The van der Waals surface area contributed by atoms with Crippen molar-refractivity contribution in [2.45, 2.75) is 26.3 Å². The van der Waals surface area contributed by atoms with E-state index < -0.39 is 17.7 Å². The van der Waals surface area contributed by atoms with Crippen molar-refractivity contribution in [3.63, 3.8) is 0 Å². The Balaban J connectivity index is 1.68. The van der Waals surface area contributed by atoms with Gasteiger partial charge in [0.1, 0.15) is 17.3 Å². The number of aliphatic hydroxyl groups excluding tert-OH is 1. The monoisotopic (exact) mass is 494 g/mol. The maximum atomic E-state index is 13.3. The van der Waals surface area contributed by atoms with Gasteiger partial charge in [-0.15, -0.1) is 0 Å². The van der Waals surface area contributed by atoms with Gasteiger partial charge in [0.05, 0.1) is 38.0 Å². The molecule has 2 fully saturated rings. The van der Waals surface area contributed by atoms with Crippen molar-refractivity contribution < 1.29 is 28.9 Å². The van der Waals surface area contributed by atoms with Gasteiger partial charge in [-0.3, -0.25) is 14.5 Å². The zero-order valence-electron chi connectivity index (χ0n) is 20.9. The normalized spacial score (nSPS) is 20.1. The van der Waals surface area contributed by atoms with Gasteiger partial charge in [0.25, 0.3) is 11.7 Å². The highest BCUT2D eigenvalue weighted by atomic mass is 16.5. The van der Waals surface area contributed by atoms with E-state index in [1.165, 1.54) is 0 Å². The van der Waals surface area contributed by atoms with Crippen LogP contribution in [0.25, 0.3) is 5.76 Å². The lowest BCUT2D eigenvalue weighted by Crippen LogP contribution is -2.42. The average Bonchev–Trinajstić information content (AvgIpc) is 3.16. The predicted octanol–water partition coefficient (Wildman–Crippen LogP) is 3.63. The van der Waals surface area contributed by atoms with Gasteiger partial charge in [0.2, 0.25) is 0 Å². The van der Waals surface area contributed by atoms with Crippen LogP contribution in [0.2, 0.25) is 0 Å². The van der Waals surface area contributed by atoms with Crippen molar-refractivity contribution in [2.24, 2.45) is 0 Å². The number of ketones is 1. The van der Waals surface area contributed by atoms with E-state index in [1.807, 2.05) is 38.1 Å². The number of aliphatic hydroxyl groups is 1. The lowest BCUT2D eigenvalue weighted by Gasteiger charge is -2.31. The van der Waals surface area contributed by atoms with Crippen molar-refractivity contribution in [3.05, 3.63) is 65.2 Å². The number of carbonyl (C=O) groups excluding carboxylic acids is 2. The fraction of sp³-hybridized carbons (Fsp3) is 0.429. The molecule has 0 radical (unpaired) electrons. The number of hydrogen-bond acceptors (Lipinski definition) is 7. The molecule has 2 aliphatic rings. The molecule has 2 saturated heterocycles. The molecule has 2 aliphatic heterocycles. The summed E-state index contributed by atoms with van der Waals surface area (Å²) in [5, 5.41) is 11.3. The van der Waals surface area contributed by atoms with Crippen LogP contribution in [0.3, 0.4) is 0 Å². The maximum Gasteiger partial charge on any atom is 0.295 e. The first-order valence-corrected chi connectivity index (χ1v) is 12.6. The Morgan fingerprint density at radius 3 is 2.22 bits per heavy atom.